The Morgan fingerprint density at radius 3 is 2.63 bits per heavy atom. The molecule has 3 aromatic heterocycles. The van der Waals surface area contributed by atoms with Crippen LogP contribution in [0.25, 0.3) is 22.0 Å². The monoisotopic (exact) mass is 467 g/mol. The second-order valence-electron chi connectivity index (χ2n) is 9.74. The van der Waals surface area contributed by atoms with E-state index in [1.165, 1.54) is 12.8 Å². The zero-order valence-electron chi connectivity index (χ0n) is 20.1. The minimum Gasteiger partial charge on any atom is -0.367 e. The first-order valence-corrected chi connectivity index (χ1v) is 12.3. The topological polar surface area (TPSA) is 88.8 Å². The number of fused-ring (bicyclic) bond motifs is 1. The fraction of sp³-hybridized carbons (Fsp3) is 0.370. The fourth-order valence-electron chi connectivity index (χ4n) is 4.58. The number of aromatic nitrogens is 5. The summed E-state index contributed by atoms with van der Waals surface area (Å²) in [5, 5.41) is 8.92. The van der Waals surface area contributed by atoms with Crippen LogP contribution in [-0.2, 0) is 24.8 Å². The van der Waals surface area contributed by atoms with E-state index in [0.717, 1.165) is 57.8 Å². The number of benzene rings is 1. The lowest BCUT2D eigenvalue weighted by Gasteiger charge is -2.22. The van der Waals surface area contributed by atoms with Gasteiger partial charge in [0.25, 0.3) is 0 Å². The van der Waals surface area contributed by atoms with E-state index < -0.39 is 0 Å². The van der Waals surface area contributed by atoms with Gasteiger partial charge in [-0.15, -0.1) is 0 Å². The van der Waals surface area contributed by atoms with Gasteiger partial charge in [-0.05, 0) is 74.1 Å². The number of carbonyl (C=O) groups is 1. The van der Waals surface area contributed by atoms with Gasteiger partial charge in [0.15, 0.2) is 0 Å². The molecule has 1 amide bonds. The maximum Gasteiger partial charge on any atom is 0.229 e. The Morgan fingerprint density at radius 2 is 1.89 bits per heavy atom. The highest BCUT2D eigenvalue weighted by atomic mass is 16.2. The minimum atomic E-state index is 0.126. The minimum absolute atomic E-state index is 0.126. The van der Waals surface area contributed by atoms with Crippen LogP contribution >= 0.6 is 0 Å². The quantitative estimate of drug-likeness (QED) is 0.421. The molecule has 178 valence electrons. The molecule has 0 bridgehead atoms. The predicted molar refractivity (Wildman–Crippen MR) is 135 cm³/mol. The van der Waals surface area contributed by atoms with E-state index in [0.29, 0.717) is 25.0 Å². The summed E-state index contributed by atoms with van der Waals surface area (Å²) in [5.41, 5.74) is 5.85. The van der Waals surface area contributed by atoms with Crippen LogP contribution in [0.3, 0.4) is 0 Å². The van der Waals surface area contributed by atoms with E-state index in [2.05, 4.69) is 43.6 Å². The van der Waals surface area contributed by atoms with Crippen molar-refractivity contribution < 1.29 is 4.79 Å². The lowest BCUT2D eigenvalue weighted by molar-refractivity contribution is -0.131. The first-order valence-electron chi connectivity index (χ1n) is 12.3. The van der Waals surface area contributed by atoms with Gasteiger partial charge in [-0.1, -0.05) is 6.07 Å². The van der Waals surface area contributed by atoms with Gasteiger partial charge in [0.2, 0.25) is 5.91 Å². The SMILES string of the molecule is Cc1cc(CC(=O)N(Cc2cc(-c3ccc4ncnc(NC5CC5)c4c3)ccn2)C2CC2)n(C)n1. The highest BCUT2D eigenvalue weighted by Gasteiger charge is 2.33. The number of amides is 1. The van der Waals surface area contributed by atoms with Gasteiger partial charge in [0.05, 0.1) is 29.9 Å². The fourth-order valence-corrected chi connectivity index (χ4v) is 4.58. The van der Waals surface area contributed by atoms with Crippen molar-refractivity contribution in [2.75, 3.05) is 5.32 Å². The summed E-state index contributed by atoms with van der Waals surface area (Å²) >= 11 is 0. The number of anilines is 1. The number of hydrogen-bond acceptors (Lipinski definition) is 6. The Hall–Kier alpha value is -3.81. The molecule has 2 saturated carbocycles. The molecule has 1 N–H and O–H groups in total. The molecule has 0 aliphatic heterocycles. The lowest BCUT2D eigenvalue weighted by atomic mass is 10.0. The van der Waals surface area contributed by atoms with E-state index in [-0.39, 0.29) is 5.91 Å². The van der Waals surface area contributed by atoms with E-state index in [9.17, 15) is 4.79 Å². The molecular formula is C27H29N7O. The largest absolute Gasteiger partial charge is 0.367 e. The molecule has 0 saturated heterocycles. The van der Waals surface area contributed by atoms with Crippen LogP contribution in [0.2, 0.25) is 0 Å². The number of hydrogen-bond donors (Lipinski definition) is 1. The molecular weight excluding hydrogens is 438 g/mol. The molecule has 35 heavy (non-hydrogen) atoms. The van der Waals surface area contributed by atoms with Crippen molar-refractivity contribution in [3.63, 3.8) is 0 Å². The van der Waals surface area contributed by atoms with Gasteiger partial charge >= 0.3 is 0 Å². The third-order valence-electron chi connectivity index (χ3n) is 6.77. The smallest absolute Gasteiger partial charge is 0.229 e. The van der Waals surface area contributed by atoms with Gasteiger partial charge in [0.1, 0.15) is 12.1 Å². The van der Waals surface area contributed by atoms with Crippen molar-refractivity contribution in [2.24, 2.45) is 7.05 Å². The molecule has 0 spiro atoms. The van der Waals surface area contributed by atoms with Gasteiger partial charge in [-0.3, -0.25) is 14.5 Å². The Bertz CT molecular complexity index is 1400. The van der Waals surface area contributed by atoms with Crippen molar-refractivity contribution in [1.29, 1.82) is 0 Å². The third kappa shape index (κ3) is 4.73. The van der Waals surface area contributed by atoms with Crippen molar-refractivity contribution >= 4 is 22.6 Å². The van der Waals surface area contributed by atoms with Crippen LogP contribution in [0.4, 0.5) is 5.82 Å². The molecule has 0 unspecified atom stereocenters. The first kappa shape index (κ1) is 21.7. The first-order chi connectivity index (χ1) is 17.0. The van der Waals surface area contributed by atoms with Gasteiger partial charge in [-0.25, -0.2) is 9.97 Å². The molecule has 0 atom stereocenters. The normalized spacial score (nSPS) is 15.4. The summed E-state index contributed by atoms with van der Waals surface area (Å²) in [7, 11) is 1.89. The van der Waals surface area contributed by atoms with Crippen LogP contribution < -0.4 is 5.32 Å². The third-order valence-corrected chi connectivity index (χ3v) is 6.77. The molecule has 8 heteroatoms. The standard InChI is InChI=1S/C27H29N7O/c1-17-11-23(33(2)32-17)14-26(35)34(22-6-7-22)15-21-12-19(9-10-28-21)18-3-8-25-24(13-18)27(30-16-29-25)31-20-4-5-20/h3,8-13,16,20,22H,4-7,14-15H2,1-2H3,(H,29,30,31). The van der Waals surface area contributed by atoms with E-state index >= 15 is 0 Å². The van der Waals surface area contributed by atoms with Crippen LogP contribution in [-0.4, -0.2) is 47.6 Å². The molecule has 3 heterocycles. The number of aryl methyl sites for hydroxylation is 2. The Kier molecular flexibility index (Phi) is 5.43. The molecule has 2 fully saturated rings. The molecule has 6 rings (SSSR count). The van der Waals surface area contributed by atoms with Crippen LogP contribution in [0.5, 0.6) is 0 Å². The summed E-state index contributed by atoms with van der Waals surface area (Å²) in [4.78, 5) is 28.7. The summed E-state index contributed by atoms with van der Waals surface area (Å²) in [6, 6.07) is 13.2. The number of nitrogens with one attached hydrogen (secondary N) is 1. The van der Waals surface area contributed by atoms with Crippen molar-refractivity contribution in [1.82, 2.24) is 29.6 Å². The molecule has 1 aromatic carbocycles. The Morgan fingerprint density at radius 1 is 1.06 bits per heavy atom. The van der Waals surface area contributed by atoms with E-state index in [4.69, 9.17) is 0 Å². The highest BCUT2D eigenvalue weighted by Crippen LogP contribution is 2.32. The van der Waals surface area contributed by atoms with Gasteiger partial charge < -0.3 is 10.2 Å². The summed E-state index contributed by atoms with van der Waals surface area (Å²) < 4.78 is 1.80. The van der Waals surface area contributed by atoms with E-state index in [1.807, 2.05) is 43.3 Å². The molecule has 4 aromatic rings. The number of pyridine rings is 1. The van der Waals surface area contributed by atoms with Gasteiger partial charge in [0, 0.05) is 36.4 Å². The second-order valence-corrected chi connectivity index (χ2v) is 9.74. The summed E-state index contributed by atoms with van der Waals surface area (Å²) in [6.07, 6.45) is 8.29. The number of nitrogens with zero attached hydrogens (tertiary/aromatic N) is 6. The molecule has 8 nitrogen and oxygen atoms in total. The zero-order chi connectivity index (χ0) is 23.9. The Balaban J connectivity index is 1.25. The average Bonchev–Trinajstić information content (AvgIpc) is 3.78. The molecule has 0 radical (unpaired) electrons. The zero-order valence-corrected chi connectivity index (χ0v) is 20.1. The average molecular weight is 468 g/mol. The maximum absolute atomic E-state index is 13.2. The number of rotatable bonds is 8. The van der Waals surface area contributed by atoms with Crippen molar-refractivity contribution in [3.8, 4) is 11.1 Å². The lowest BCUT2D eigenvalue weighted by Crippen LogP contribution is -2.34. The van der Waals surface area contributed by atoms with Gasteiger partial charge in [-0.2, -0.15) is 5.10 Å². The molecule has 2 aliphatic carbocycles. The molecule has 2 aliphatic rings. The predicted octanol–water partition coefficient (Wildman–Crippen LogP) is 4.04. The second kappa shape index (κ2) is 8.76. The summed E-state index contributed by atoms with van der Waals surface area (Å²) in [5.74, 6) is 1.02. The van der Waals surface area contributed by atoms with Crippen molar-refractivity contribution in [3.05, 3.63) is 66.0 Å². The van der Waals surface area contributed by atoms with Crippen LogP contribution in [0, 0.1) is 6.92 Å². The maximum atomic E-state index is 13.2. The Labute approximate surface area is 204 Å². The van der Waals surface area contributed by atoms with Crippen LogP contribution in [0.15, 0.2) is 48.9 Å². The highest BCUT2D eigenvalue weighted by molar-refractivity contribution is 5.92. The van der Waals surface area contributed by atoms with Crippen molar-refractivity contribution in [2.45, 2.75) is 57.7 Å². The number of carbonyl (C=O) groups excluding carboxylic acids is 1. The summed E-state index contributed by atoms with van der Waals surface area (Å²) in [6.45, 7) is 2.46. The van der Waals surface area contributed by atoms with E-state index in [1.54, 1.807) is 11.0 Å². The van der Waals surface area contributed by atoms with Crippen LogP contribution in [0.1, 0.15) is 42.8 Å².